The minimum Gasteiger partial charge on any atom is -0.444 e. The topological polar surface area (TPSA) is 88.1 Å². The molecule has 0 radical (unpaired) electrons. The summed E-state index contributed by atoms with van der Waals surface area (Å²) >= 11 is 0. The number of nitrogens with zero attached hydrogens (tertiary/aromatic N) is 3. The molecule has 0 unspecified atom stereocenters. The average molecular weight is 388 g/mol. The fourth-order valence-electron chi connectivity index (χ4n) is 2.23. The van der Waals surface area contributed by atoms with E-state index in [2.05, 4.69) is 11.9 Å². The van der Waals surface area contributed by atoms with Gasteiger partial charge in [-0.25, -0.2) is 9.80 Å². The SMILES string of the molecule is CC(C)(C)OC(=O)N1CCC(N)CC1.CN1CCN(N)CC1.Cl.Cl. The molecule has 0 aromatic carbocycles. The van der Waals surface area contributed by atoms with Crippen molar-refractivity contribution in [3.8, 4) is 0 Å². The number of amides is 1. The van der Waals surface area contributed by atoms with Crippen molar-refractivity contribution in [2.75, 3.05) is 46.3 Å². The molecule has 2 fully saturated rings. The first-order chi connectivity index (χ1) is 10.2. The predicted octanol–water partition coefficient (Wildman–Crippen LogP) is 1.30. The maximum Gasteiger partial charge on any atom is 0.410 e. The smallest absolute Gasteiger partial charge is 0.410 e. The van der Waals surface area contributed by atoms with Gasteiger partial charge in [-0.05, 0) is 40.7 Å². The number of carbonyl (C=O) groups is 1. The third-order valence-electron chi connectivity index (χ3n) is 3.73. The lowest BCUT2D eigenvalue weighted by Gasteiger charge is -2.32. The van der Waals surface area contributed by atoms with Crippen LogP contribution >= 0.6 is 24.8 Å². The molecule has 0 bridgehead atoms. The van der Waals surface area contributed by atoms with Crippen LogP contribution in [0.5, 0.6) is 0 Å². The number of piperidine rings is 1. The Bertz CT molecular complexity index is 329. The van der Waals surface area contributed by atoms with E-state index in [1.807, 2.05) is 25.8 Å². The van der Waals surface area contributed by atoms with Crippen molar-refractivity contribution in [3.05, 3.63) is 0 Å². The Hall–Kier alpha value is -0.310. The zero-order valence-corrected chi connectivity index (χ0v) is 17.0. The van der Waals surface area contributed by atoms with E-state index in [1.54, 1.807) is 4.90 Å². The van der Waals surface area contributed by atoms with E-state index in [1.165, 1.54) is 0 Å². The summed E-state index contributed by atoms with van der Waals surface area (Å²) in [4.78, 5) is 15.6. The first-order valence-corrected chi connectivity index (χ1v) is 8.09. The van der Waals surface area contributed by atoms with Crippen molar-refractivity contribution in [1.82, 2.24) is 14.8 Å². The molecule has 146 valence electrons. The number of likely N-dealkylation sites (N-methyl/N-ethyl adjacent to an activating group) is 1. The molecule has 2 rings (SSSR count). The molecule has 2 aliphatic heterocycles. The fourth-order valence-corrected chi connectivity index (χ4v) is 2.23. The minimum absolute atomic E-state index is 0. The monoisotopic (exact) mass is 387 g/mol. The van der Waals surface area contributed by atoms with Gasteiger partial charge in [0.2, 0.25) is 0 Å². The molecule has 4 N–H and O–H groups in total. The van der Waals surface area contributed by atoms with Crippen LogP contribution in [0.3, 0.4) is 0 Å². The summed E-state index contributed by atoms with van der Waals surface area (Å²) in [6.07, 6.45) is 1.53. The number of ether oxygens (including phenoxy) is 1. The number of piperazine rings is 1. The summed E-state index contributed by atoms with van der Waals surface area (Å²) in [6, 6.07) is 0.244. The van der Waals surface area contributed by atoms with Gasteiger partial charge < -0.3 is 20.3 Å². The normalized spacial score (nSPS) is 20.2. The number of likely N-dealkylation sites (tertiary alicyclic amines) is 1. The molecule has 0 aromatic heterocycles. The summed E-state index contributed by atoms with van der Waals surface area (Å²) in [5.74, 6) is 5.50. The van der Waals surface area contributed by atoms with Crippen LogP contribution in [-0.2, 0) is 4.74 Å². The standard InChI is InChI=1S/C10H20N2O2.C5H13N3.2ClH/c1-10(2,3)14-9(13)12-6-4-8(11)5-7-12;1-7-2-4-8(6)5-3-7;;/h8H,4-7,11H2,1-3H3;2-6H2,1H3;2*1H. The first-order valence-electron chi connectivity index (χ1n) is 8.09. The van der Waals surface area contributed by atoms with Crippen LogP contribution in [0.25, 0.3) is 0 Å². The predicted molar refractivity (Wildman–Crippen MR) is 103 cm³/mol. The molecular formula is C15H35Cl2N5O2. The van der Waals surface area contributed by atoms with E-state index in [4.69, 9.17) is 16.3 Å². The van der Waals surface area contributed by atoms with Gasteiger partial charge in [0.15, 0.2) is 0 Å². The number of rotatable bonds is 0. The zero-order chi connectivity index (χ0) is 16.8. The summed E-state index contributed by atoms with van der Waals surface area (Å²) < 4.78 is 5.26. The molecule has 0 atom stereocenters. The van der Waals surface area contributed by atoms with Crippen molar-refractivity contribution in [2.45, 2.75) is 45.3 Å². The highest BCUT2D eigenvalue weighted by Gasteiger charge is 2.25. The van der Waals surface area contributed by atoms with Gasteiger partial charge in [0.1, 0.15) is 5.60 Å². The molecule has 0 aromatic rings. The van der Waals surface area contributed by atoms with Crippen LogP contribution in [-0.4, -0.2) is 78.9 Å². The third kappa shape index (κ3) is 11.3. The molecule has 2 saturated heterocycles. The van der Waals surface area contributed by atoms with Crippen LogP contribution in [0, 0.1) is 0 Å². The molecule has 2 aliphatic rings. The lowest BCUT2D eigenvalue weighted by Crippen LogP contribution is -2.47. The Kier molecular flexibility index (Phi) is 13.1. The van der Waals surface area contributed by atoms with Crippen molar-refractivity contribution < 1.29 is 9.53 Å². The molecule has 24 heavy (non-hydrogen) atoms. The molecule has 9 heteroatoms. The minimum atomic E-state index is -0.406. The molecule has 7 nitrogen and oxygen atoms in total. The lowest BCUT2D eigenvalue weighted by atomic mass is 10.1. The van der Waals surface area contributed by atoms with Crippen LogP contribution < -0.4 is 11.6 Å². The second-order valence-electron chi connectivity index (χ2n) is 7.14. The van der Waals surface area contributed by atoms with Gasteiger partial charge in [-0.15, -0.1) is 24.8 Å². The van der Waals surface area contributed by atoms with Crippen molar-refractivity contribution in [3.63, 3.8) is 0 Å². The van der Waals surface area contributed by atoms with E-state index in [0.717, 1.165) is 52.1 Å². The Morgan fingerprint density at radius 3 is 1.83 bits per heavy atom. The summed E-state index contributed by atoms with van der Waals surface area (Å²) in [5, 5.41) is 1.86. The third-order valence-corrected chi connectivity index (χ3v) is 3.73. The van der Waals surface area contributed by atoms with Crippen LogP contribution in [0.1, 0.15) is 33.6 Å². The van der Waals surface area contributed by atoms with Gasteiger partial charge in [0.25, 0.3) is 0 Å². The molecular weight excluding hydrogens is 353 g/mol. The first kappa shape index (κ1) is 25.9. The Balaban J connectivity index is 0. The largest absolute Gasteiger partial charge is 0.444 e. The van der Waals surface area contributed by atoms with E-state index in [9.17, 15) is 4.79 Å². The Morgan fingerprint density at radius 2 is 1.46 bits per heavy atom. The maximum absolute atomic E-state index is 11.6. The fraction of sp³-hybridized carbons (Fsp3) is 0.933. The van der Waals surface area contributed by atoms with Gasteiger partial charge in [-0.1, -0.05) is 0 Å². The number of nitrogens with two attached hydrogens (primary N) is 2. The quantitative estimate of drug-likeness (QED) is 0.608. The molecule has 0 saturated carbocycles. The second-order valence-corrected chi connectivity index (χ2v) is 7.14. The Morgan fingerprint density at radius 1 is 1.00 bits per heavy atom. The number of carbonyl (C=O) groups excluding carboxylic acids is 1. The molecule has 0 aliphatic carbocycles. The summed E-state index contributed by atoms with van der Waals surface area (Å²) in [5.41, 5.74) is 5.34. The molecule has 2 heterocycles. The highest BCUT2D eigenvalue weighted by atomic mass is 35.5. The molecule has 1 amide bonds. The second kappa shape index (κ2) is 12.1. The van der Waals surface area contributed by atoms with E-state index in [0.29, 0.717) is 0 Å². The Labute approximate surface area is 158 Å². The van der Waals surface area contributed by atoms with Crippen LogP contribution in [0.4, 0.5) is 4.79 Å². The number of hydrogen-bond acceptors (Lipinski definition) is 6. The van der Waals surface area contributed by atoms with E-state index >= 15 is 0 Å². The zero-order valence-electron chi connectivity index (χ0n) is 15.4. The lowest BCUT2D eigenvalue weighted by molar-refractivity contribution is 0.0207. The van der Waals surface area contributed by atoms with Crippen LogP contribution in [0.15, 0.2) is 0 Å². The summed E-state index contributed by atoms with van der Waals surface area (Å²) in [7, 11) is 2.12. The van der Waals surface area contributed by atoms with Gasteiger partial charge in [-0.2, -0.15) is 0 Å². The highest BCUT2D eigenvalue weighted by Crippen LogP contribution is 2.14. The number of hydrogen-bond donors (Lipinski definition) is 2. The van der Waals surface area contributed by atoms with Gasteiger partial charge in [0, 0.05) is 45.3 Å². The number of halogens is 2. The summed E-state index contributed by atoms with van der Waals surface area (Å²) in [6.45, 7) is 11.3. The van der Waals surface area contributed by atoms with Gasteiger partial charge in [-0.3, -0.25) is 5.84 Å². The molecule has 0 spiro atoms. The highest BCUT2D eigenvalue weighted by molar-refractivity contribution is 5.85. The van der Waals surface area contributed by atoms with E-state index in [-0.39, 0.29) is 36.9 Å². The van der Waals surface area contributed by atoms with Crippen LogP contribution in [0.2, 0.25) is 0 Å². The van der Waals surface area contributed by atoms with Gasteiger partial charge >= 0.3 is 6.09 Å². The van der Waals surface area contributed by atoms with Crippen molar-refractivity contribution in [1.29, 1.82) is 0 Å². The maximum atomic E-state index is 11.6. The van der Waals surface area contributed by atoms with Crippen molar-refractivity contribution >= 4 is 30.9 Å². The van der Waals surface area contributed by atoms with Gasteiger partial charge in [0.05, 0.1) is 0 Å². The number of hydrazine groups is 1. The van der Waals surface area contributed by atoms with Crippen molar-refractivity contribution in [2.24, 2.45) is 11.6 Å². The van der Waals surface area contributed by atoms with E-state index < -0.39 is 5.60 Å². The average Bonchev–Trinajstić information content (AvgIpc) is 2.42.